The van der Waals surface area contributed by atoms with Gasteiger partial charge in [0.05, 0.1) is 13.7 Å². The molecule has 0 fully saturated rings. The van der Waals surface area contributed by atoms with Gasteiger partial charge in [0.1, 0.15) is 0 Å². The first kappa shape index (κ1) is 17.0. The van der Waals surface area contributed by atoms with Crippen molar-refractivity contribution in [3.63, 3.8) is 0 Å². The number of hydrogen-bond acceptors (Lipinski definition) is 3. The second kappa shape index (κ2) is 7.04. The summed E-state index contributed by atoms with van der Waals surface area (Å²) in [6.45, 7) is 3.70. The summed E-state index contributed by atoms with van der Waals surface area (Å²) in [6.07, 6.45) is 4.17. The second-order valence-corrected chi connectivity index (χ2v) is 6.94. The van der Waals surface area contributed by atoms with Crippen LogP contribution < -0.4 is 9.47 Å². The zero-order valence-corrected chi connectivity index (χ0v) is 15.7. The lowest BCUT2D eigenvalue weighted by atomic mass is 9.88. The SMILES string of the molecule is CCOc1cc2c(cc1OC)CCN(C)C2Cc1c[nH]c2ccccc12. The fourth-order valence-electron chi connectivity index (χ4n) is 4.04. The van der Waals surface area contributed by atoms with Crippen molar-refractivity contribution in [1.82, 2.24) is 9.88 Å². The Balaban J connectivity index is 1.74. The van der Waals surface area contributed by atoms with E-state index in [0.29, 0.717) is 12.6 Å². The molecule has 26 heavy (non-hydrogen) atoms. The maximum Gasteiger partial charge on any atom is 0.161 e. The van der Waals surface area contributed by atoms with Crippen LogP contribution in [0.1, 0.15) is 29.7 Å². The molecular formula is C22H26N2O2. The van der Waals surface area contributed by atoms with E-state index in [2.05, 4.69) is 59.5 Å². The summed E-state index contributed by atoms with van der Waals surface area (Å²) >= 11 is 0. The van der Waals surface area contributed by atoms with Gasteiger partial charge in [0, 0.05) is 29.7 Å². The number of rotatable bonds is 5. The van der Waals surface area contributed by atoms with E-state index in [1.165, 1.54) is 27.6 Å². The van der Waals surface area contributed by atoms with Gasteiger partial charge in [-0.2, -0.15) is 0 Å². The molecule has 136 valence electrons. The predicted octanol–water partition coefficient (Wildman–Crippen LogP) is 4.35. The fourth-order valence-corrected chi connectivity index (χ4v) is 4.04. The van der Waals surface area contributed by atoms with E-state index >= 15 is 0 Å². The number of ether oxygens (including phenoxy) is 2. The quantitative estimate of drug-likeness (QED) is 0.743. The highest BCUT2D eigenvalue weighted by Gasteiger charge is 2.27. The van der Waals surface area contributed by atoms with E-state index < -0.39 is 0 Å². The van der Waals surface area contributed by atoms with E-state index in [9.17, 15) is 0 Å². The topological polar surface area (TPSA) is 37.5 Å². The van der Waals surface area contributed by atoms with Gasteiger partial charge in [0.2, 0.25) is 0 Å². The number of methoxy groups -OCH3 is 1. The van der Waals surface area contributed by atoms with E-state index in [4.69, 9.17) is 9.47 Å². The minimum absolute atomic E-state index is 0.336. The van der Waals surface area contributed by atoms with Gasteiger partial charge in [-0.25, -0.2) is 0 Å². The Morgan fingerprint density at radius 2 is 2.04 bits per heavy atom. The molecule has 0 saturated carbocycles. The lowest BCUT2D eigenvalue weighted by Crippen LogP contribution is -2.33. The van der Waals surface area contributed by atoms with Crippen LogP contribution in [0.2, 0.25) is 0 Å². The molecule has 0 saturated heterocycles. The third kappa shape index (κ3) is 2.95. The van der Waals surface area contributed by atoms with Crippen LogP contribution in [0.4, 0.5) is 0 Å². The smallest absolute Gasteiger partial charge is 0.161 e. The van der Waals surface area contributed by atoms with Crippen LogP contribution >= 0.6 is 0 Å². The Hall–Kier alpha value is -2.46. The molecule has 2 heterocycles. The van der Waals surface area contributed by atoms with E-state index in [0.717, 1.165) is 30.9 Å². The van der Waals surface area contributed by atoms with E-state index in [1.807, 2.05) is 6.92 Å². The third-order valence-electron chi connectivity index (χ3n) is 5.44. The highest BCUT2D eigenvalue weighted by molar-refractivity contribution is 5.83. The monoisotopic (exact) mass is 350 g/mol. The minimum atomic E-state index is 0.336. The van der Waals surface area contributed by atoms with Crippen LogP contribution in [0.15, 0.2) is 42.6 Å². The fraction of sp³-hybridized carbons (Fsp3) is 0.364. The normalized spacial score (nSPS) is 17.3. The number of nitrogens with zero attached hydrogens (tertiary/aromatic N) is 1. The van der Waals surface area contributed by atoms with Crippen LogP contribution in [-0.4, -0.2) is 37.2 Å². The van der Waals surface area contributed by atoms with Crippen molar-refractivity contribution in [1.29, 1.82) is 0 Å². The first-order chi connectivity index (χ1) is 12.7. The van der Waals surface area contributed by atoms with Crippen LogP contribution in [-0.2, 0) is 12.8 Å². The first-order valence-corrected chi connectivity index (χ1v) is 9.30. The molecule has 2 aromatic carbocycles. The summed E-state index contributed by atoms with van der Waals surface area (Å²) in [5.41, 5.74) is 5.28. The molecule has 0 radical (unpaired) electrons. The van der Waals surface area contributed by atoms with Gasteiger partial charge in [-0.05, 0) is 61.7 Å². The molecule has 0 spiro atoms. The van der Waals surface area contributed by atoms with Gasteiger partial charge in [0.25, 0.3) is 0 Å². The summed E-state index contributed by atoms with van der Waals surface area (Å²) in [6, 6.07) is 13.2. The second-order valence-electron chi connectivity index (χ2n) is 6.94. The van der Waals surface area contributed by atoms with Crippen molar-refractivity contribution in [2.24, 2.45) is 0 Å². The molecule has 4 nitrogen and oxygen atoms in total. The summed E-state index contributed by atoms with van der Waals surface area (Å²) in [7, 11) is 3.93. The van der Waals surface area contributed by atoms with Gasteiger partial charge < -0.3 is 14.5 Å². The van der Waals surface area contributed by atoms with Crippen LogP contribution in [0.25, 0.3) is 10.9 Å². The van der Waals surface area contributed by atoms with E-state index in [-0.39, 0.29) is 0 Å². The Bertz CT molecular complexity index is 916. The first-order valence-electron chi connectivity index (χ1n) is 9.30. The van der Waals surface area contributed by atoms with Crippen molar-refractivity contribution in [3.8, 4) is 11.5 Å². The Morgan fingerprint density at radius 3 is 2.85 bits per heavy atom. The van der Waals surface area contributed by atoms with Crippen molar-refractivity contribution in [3.05, 3.63) is 59.3 Å². The zero-order chi connectivity index (χ0) is 18.1. The highest BCUT2D eigenvalue weighted by Crippen LogP contribution is 2.39. The number of fused-ring (bicyclic) bond motifs is 2. The standard InChI is InChI=1S/C22H26N2O2/c1-4-26-22-13-18-15(12-21(22)25-3)9-10-24(2)20(18)11-16-14-23-19-8-6-5-7-17(16)19/h5-8,12-14,20,23H,4,9-11H2,1-3H3. The predicted molar refractivity (Wildman–Crippen MR) is 105 cm³/mol. The lowest BCUT2D eigenvalue weighted by Gasteiger charge is -2.35. The molecule has 0 bridgehead atoms. The van der Waals surface area contributed by atoms with Gasteiger partial charge in [-0.1, -0.05) is 18.2 Å². The summed E-state index contributed by atoms with van der Waals surface area (Å²) in [5.74, 6) is 1.67. The molecule has 1 unspecified atom stereocenters. The number of H-pyrrole nitrogens is 1. The molecule has 1 atom stereocenters. The average Bonchev–Trinajstić information content (AvgIpc) is 3.07. The van der Waals surface area contributed by atoms with Gasteiger partial charge >= 0.3 is 0 Å². The third-order valence-corrected chi connectivity index (χ3v) is 5.44. The van der Waals surface area contributed by atoms with Crippen LogP contribution in [0, 0.1) is 0 Å². The molecular weight excluding hydrogens is 324 g/mol. The molecule has 4 heteroatoms. The number of aromatic nitrogens is 1. The molecule has 3 aromatic rings. The number of aromatic amines is 1. The molecule has 4 rings (SSSR count). The molecule has 0 aliphatic carbocycles. The van der Waals surface area contributed by atoms with Gasteiger partial charge in [-0.15, -0.1) is 0 Å². The summed E-state index contributed by atoms with van der Waals surface area (Å²) in [4.78, 5) is 5.85. The van der Waals surface area contributed by atoms with Crippen molar-refractivity contribution in [2.45, 2.75) is 25.8 Å². The summed E-state index contributed by atoms with van der Waals surface area (Å²) < 4.78 is 11.4. The molecule has 0 amide bonds. The minimum Gasteiger partial charge on any atom is -0.493 e. The van der Waals surface area contributed by atoms with Crippen LogP contribution in [0.3, 0.4) is 0 Å². The van der Waals surface area contributed by atoms with Gasteiger partial charge in [-0.3, -0.25) is 4.90 Å². The summed E-state index contributed by atoms with van der Waals surface area (Å²) in [5, 5.41) is 1.31. The van der Waals surface area contributed by atoms with Crippen molar-refractivity contribution in [2.75, 3.05) is 27.3 Å². The van der Waals surface area contributed by atoms with Crippen molar-refractivity contribution < 1.29 is 9.47 Å². The Labute approximate surface area is 154 Å². The van der Waals surface area contributed by atoms with E-state index in [1.54, 1.807) is 7.11 Å². The molecule has 1 aliphatic rings. The molecule has 1 aliphatic heterocycles. The number of benzene rings is 2. The number of hydrogen-bond donors (Lipinski definition) is 1. The lowest BCUT2D eigenvalue weighted by molar-refractivity contribution is 0.227. The van der Waals surface area contributed by atoms with Crippen molar-refractivity contribution >= 4 is 10.9 Å². The number of likely N-dealkylation sites (N-methyl/N-ethyl adjacent to an activating group) is 1. The Morgan fingerprint density at radius 1 is 1.19 bits per heavy atom. The highest BCUT2D eigenvalue weighted by atomic mass is 16.5. The number of nitrogens with one attached hydrogen (secondary N) is 1. The molecule has 1 N–H and O–H groups in total. The molecule has 1 aromatic heterocycles. The maximum atomic E-state index is 5.83. The maximum absolute atomic E-state index is 5.83. The number of para-hydroxylation sites is 1. The average molecular weight is 350 g/mol. The van der Waals surface area contributed by atoms with Crippen LogP contribution in [0.5, 0.6) is 11.5 Å². The van der Waals surface area contributed by atoms with Gasteiger partial charge in [0.15, 0.2) is 11.5 Å². The zero-order valence-electron chi connectivity index (χ0n) is 15.7. The Kier molecular flexibility index (Phi) is 4.60. The largest absolute Gasteiger partial charge is 0.493 e.